The van der Waals surface area contributed by atoms with Gasteiger partial charge < -0.3 is 9.84 Å². The molecule has 3 heteroatoms. The van der Waals surface area contributed by atoms with Crippen LogP contribution in [0.5, 0.6) is 5.75 Å². The Hall–Kier alpha value is -1.06. The molecular formula is C14H21NO2. The largest absolute Gasteiger partial charge is 0.508 e. The first kappa shape index (κ1) is 12.4. The number of hydrogen-bond donors (Lipinski definition) is 1. The second-order valence-corrected chi connectivity index (χ2v) is 4.68. The molecule has 2 rings (SSSR count). The fourth-order valence-corrected chi connectivity index (χ4v) is 2.56. The molecule has 0 amide bonds. The third-order valence-electron chi connectivity index (χ3n) is 3.48. The molecule has 2 atom stereocenters. The molecule has 0 radical (unpaired) electrons. The predicted molar refractivity (Wildman–Crippen MR) is 68.1 cm³/mol. The van der Waals surface area contributed by atoms with E-state index in [9.17, 15) is 5.11 Å². The van der Waals surface area contributed by atoms with E-state index in [0.29, 0.717) is 17.8 Å². The third kappa shape index (κ3) is 2.79. The number of ether oxygens (including phenoxy) is 1. The van der Waals surface area contributed by atoms with Gasteiger partial charge in [-0.25, -0.2) is 0 Å². The van der Waals surface area contributed by atoms with Crippen LogP contribution >= 0.6 is 0 Å². The van der Waals surface area contributed by atoms with Gasteiger partial charge in [0.15, 0.2) is 0 Å². The van der Waals surface area contributed by atoms with Crippen molar-refractivity contribution in [3.63, 3.8) is 0 Å². The first-order valence-corrected chi connectivity index (χ1v) is 6.34. The van der Waals surface area contributed by atoms with E-state index in [0.717, 1.165) is 26.2 Å². The standard InChI is InChI=1S/C14H21NO2/c1-3-14(12-4-6-13(16)7-5-12)15-8-9-17-10-11(15)2/h4-7,11,14,16H,3,8-10H2,1-2H3. The molecule has 94 valence electrons. The molecule has 0 spiro atoms. The number of hydrogen-bond acceptors (Lipinski definition) is 3. The fraction of sp³-hybridized carbons (Fsp3) is 0.571. The molecule has 1 aliphatic heterocycles. The summed E-state index contributed by atoms with van der Waals surface area (Å²) in [7, 11) is 0. The average Bonchev–Trinajstić information content (AvgIpc) is 2.35. The molecule has 0 aromatic heterocycles. The van der Waals surface area contributed by atoms with Crippen molar-refractivity contribution in [3.8, 4) is 5.75 Å². The fourth-order valence-electron chi connectivity index (χ4n) is 2.56. The molecule has 2 unspecified atom stereocenters. The minimum absolute atomic E-state index is 0.332. The third-order valence-corrected chi connectivity index (χ3v) is 3.48. The summed E-state index contributed by atoms with van der Waals surface area (Å²) in [6, 6.07) is 8.46. The van der Waals surface area contributed by atoms with Gasteiger partial charge in [-0.2, -0.15) is 0 Å². The van der Waals surface area contributed by atoms with Crippen LogP contribution in [0.15, 0.2) is 24.3 Å². The summed E-state index contributed by atoms with van der Waals surface area (Å²) in [4.78, 5) is 2.50. The van der Waals surface area contributed by atoms with Gasteiger partial charge in [0.2, 0.25) is 0 Å². The van der Waals surface area contributed by atoms with Gasteiger partial charge in [0.25, 0.3) is 0 Å². The SMILES string of the molecule is CCC(c1ccc(O)cc1)N1CCOCC1C. The van der Waals surface area contributed by atoms with Crippen molar-refractivity contribution in [3.05, 3.63) is 29.8 Å². The van der Waals surface area contributed by atoms with Gasteiger partial charge in [0, 0.05) is 18.6 Å². The van der Waals surface area contributed by atoms with Gasteiger partial charge in [-0.15, -0.1) is 0 Å². The van der Waals surface area contributed by atoms with Gasteiger partial charge in [-0.1, -0.05) is 19.1 Å². The number of rotatable bonds is 3. The van der Waals surface area contributed by atoms with Crippen molar-refractivity contribution >= 4 is 0 Å². The Labute approximate surface area is 103 Å². The highest BCUT2D eigenvalue weighted by Gasteiger charge is 2.26. The Morgan fingerprint density at radius 1 is 1.41 bits per heavy atom. The summed E-state index contributed by atoms with van der Waals surface area (Å²) in [5.41, 5.74) is 1.28. The van der Waals surface area contributed by atoms with Crippen molar-refractivity contribution in [1.29, 1.82) is 0 Å². The monoisotopic (exact) mass is 235 g/mol. The summed E-state index contributed by atoms with van der Waals surface area (Å²) < 4.78 is 5.48. The molecular weight excluding hydrogens is 214 g/mol. The maximum atomic E-state index is 9.34. The molecule has 1 aromatic rings. The average molecular weight is 235 g/mol. The zero-order valence-corrected chi connectivity index (χ0v) is 10.6. The Bertz CT molecular complexity index is 350. The second-order valence-electron chi connectivity index (χ2n) is 4.68. The molecule has 0 bridgehead atoms. The molecule has 1 heterocycles. The molecule has 0 saturated carbocycles. The van der Waals surface area contributed by atoms with Crippen LogP contribution in [0.1, 0.15) is 31.9 Å². The first-order valence-electron chi connectivity index (χ1n) is 6.34. The van der Waals surface area contributed by atoms with Crippen molar-refractivity contribution in [1.82, 2.24) is 4.90 Å². The van der Waals surface area contributed by atoms with Crippen LogP contribution in [-0.4, -0.2) is 35.8 Å². The van der Waals surface area contributed by atoms with E-state index in [1.807, 2.05) is 12.1 Å². The lowest BCUT2D eigenvalue weighted by molar-refractivity contribution is -0.0235. The van der Waals surface area contributed by atoms with Gasteiger partial charge >= 0.3 is 0 Å². The summed E-state index contributed by atoms with van der Waals surface area (Å²) in [6.07, 6.45) is 1.08. The van der Waals surface area contributed by atoms with Gasteiger partial charge in [-0.05, 0) is 31.0 Å². The first-order chi connectivity index (χ1) is 8.22. The van der Waals surface area contributed by atoms with Gasteiger partial charge in [0.1, 0.15) is 5.75 Å². The highest BCUT2D eigenvalue weighted by atomic mass is 16.5. The number of aromatic hydroxyl groups is 1. The van der Waals surface area contributed by atoms with E-state index < -0.39 is 0 Å². The summed E-state index contributed by atoms with van der Waals surface area (Å²) >= 11 is 0. The number of nitrogens with zero attached hydrogens (tertiary/aromatic N) is 1. The molecule has 3 nitrogen and oxygen atoms in total. The lowest BCUT2D eigenvalue weighted by Gasteiger charge is -2.39. The lowest BCUT2D eigenvalue weighted by Crippen LogP contribution is -2.45. The van der Waals surface area contributed by atoms with Crippen molar-refractivity contribution < 1.29 is 9.84 Å². The minimum atomic E-state index is 0.332. The van der Waals surface area contributed by atoms with E-state index in [4.69, 9.17) is 4.74 Å². The van der Waals surface area contributed by atoms with Crippen LogP contribution in [0.3, 0.4) is 0 Å². The summed E-state index contributed by atoms with van der Waals surface area (Å²) in [6.45, 7) is 7.04. The normalized spacial score (nSPS) is 23.5. The van der Waals surface area contributed by atoms with Gasteiger partial charge in [0.05, 0.1) is 13.2 Å². The summed E-state index contributed by atoms with van der Waals surface area (Å²) in [5, 5.41) is 9.34. The number of phenolic OH excluding ortho intramolecular Hbond substituents is 1. The van der Waals surface area contributed by atoms with Crippen molar-refractivity contribution in [2.75, 3.05) is 19.8 Å². The van der Waals surface area contributed by atoms with E-state index in [1.54, 1.807) is 12.1 Å². The molecule has 1 fully saturated rings. The maximum Gasteiger partial charge on any atom is 0.115 e. The molecule has 1 aromatic carbocycles. The quantitative estimate of drug-likeness (QED) is 0.874. The van der Waals surface area contributed by atoms with E-state index in [2.05, 4.69) is 18.7 Å². The van der Waals surface area contributed by atoms with Crippen LogP contribution in [0, 0.1) is 0 Å². The van der Waals surface area contributed by atoms with Crippen LogP contribution < -0.4 is 0 Å². The Morgan fingerprint density at radius 2 is 2.12 bits per heavy atom. The molecule has 1 N–H and O–H groups in total. The van der Waals surface area contributed by atoms with E-state index >= 15 is 0 Å². The maximum absolute atomic E-state index is 9.34. The molecule has 1 saturated heterocycles. The number of benzene rings is 1. The summed E-state index contributed by atoms with van der Waals surface area (Å²) in [5.74, 6) is 0.332. The van der Waals surface area contributed by atoms with Crippen LogP contribution in [0.2, 0.25) is 0 Å². The van der Waals surface area contributed by atoms with Crippen LogP contribution in [0.25, 0.3) is 0 Å². The zero-order chi connectivity index (χ0) is 12.3. The van der Waals surface area contributed by atoms with E-state index in [1.165, 1.54) is 5.56 Å². The highest BCUT2D eigenvalue weighted by Crippen LogP contribution is 2.28. The predicted octanol–water partition coefficient (Wildman–Crippen LogP) is 2.56. The van der Waals surface area contributed by atoms with Gasteiger partial charge in [-0.3, -0.25) is 4.90 Å². The Balaban J connectivity index is 2.17. The molecule has 0 aliphatic carbocycles. The van der Waals surface area contributed by atoms with Crippen molar-refractivity contribution in [2.45, 2.75) is 32.4 Å². The van der Waals surface area contributed by atoms with E-state index in [-0.39, 0.29) is 0 Å². The highest BCUT2D eigenvalue weighted by molar-refractivity contribution is 5.28. The smallest absolute Gasteiger partial charge is 0.115 e. The molecule has 17 heavy (non-hydrogen) atoms. The number of morpholine rings is 1. The minimum Gasteiger partial charge on any atom is -0.508 e. The second kappa shape index (κ2) is 5.52. The van der Waals surface area contributed by atoms with Crippen molar-refractivity contribution in [2.24, 2.45) is 0 Å². The zero-order valence-electron chi connectivity index (χ0n) is 10.6. The number of phenols is 1. The Morgan fingerprint density at radius 3 is 2.71 bits per heavy atom. The molecule has 1 aliphatic rings. The topological polar surface area (TPSA) is 32.7 Å². The van der Waals surface area contributed by atoms with Crippen LogP contribution in [-0.2, 0) is 4.74 Å². The van der Waals surface area contributed by atoms with Crippen LogP contribution in [0.4, 0.5) is 0 Å². The Kier molecular flexibility index (Phi) is 4.02. The lowest BCUT2D eigenvalue weighted by atomic mass is 10.0.